The average Bonchev–Trinajstić information content (AvgIpc) is 3.15. The number of halogens is 1. The molecule has 0 saturated heterocycles. The van der Waals surface area contributed by atoms with Gasteiger partial charge in [-0.15, -0.1) is 0 Å². The highest BCUT2D eigenvalue weighted by atomic mass is 19.1. The number of pyridine rings is 2. The number of aromatic nitrogens is 2. The monoisotopic (exact) mass is 742 g/mol. The van der Waals surface area contributed by atoms with Crippen LogP contribution in [0.25, 0.3) is 0 Å². The number of benzene rings is 3. The molecule has 3 heterocycles. The largest absolute Gasteiger partial charge is 0.508 e. The Kier molecular flexibility index (Phi) is 13.6. The Labute approximate surface area is 322 Å². The molecule has 0 spiro atoms. The Balaban J connectivity index is 1.34. The van der Waals surface area contributed by atoms with E-state index in [1.807, 2.05) is 67.6 Å². The van der Waals surface area contributed by atoms with Crippen LogP contribution in [0.5, 0.6) is 5.75 Å². The first-order valence-electron chi connectivity index (χ1n) is 18.6. The molecule has 1 aliphatic rings. The van der Waals surface area contributed by atoms with E-state index in [9.17, 15) is 24.9 Å². The third-order valence-electron chi connectivity index (χ3n) is 9.70. The molecule has 55 heavy (non-hydrogen) atoms. The van der Waals surface area contributed by atoms with Gasteiger partial charge in [-0.05, 0) is 73.5 Å². The third kappa shape index (κ3) is 12.0. The van der Waals surface area contributed by atoms with Crippen LogP contribution in [0.4, 0.5) is 10.1 Å². The summed E-state index contributed by atoms with van der Waals surface area (Å²) in [6.07, 6.45) is 0.782. The Morgan fingerprint density at radius 1 is 0.709 bits per heavy atom. The number of rotatable bonds is 8. The SMILES string of the molecule is Cc1ccc(O)c(CN2CCCN(CC#N)Cc3cccc(n3)CN(Cc3cccc(F)c3)Cc3cccc(n3)CN(Cc3cccc([N+](=O)[O-])c3)CC2)c1. The second-order valence-corrected chi connectivity index (χ2v) is 14.3. The molecule has 0 saturated carbocycles. The van der Waals surface area contributed by atoms with E-state index >= 15 is 0 Å². The predicted octanol–water partition coefficient (Wildman–Crippen LogP) is 6.97. The summed E-state index contributed by atoms with van der Waals surface area (Å²) in [6, 6.07) is 33.3. The Hall–Kier alpha value is -5.58. The molecule has 5 aromatic rings. The molecule has 3 aromatic carbocycles. The topological polar surface area (TPSA) is 126 Å². The second-order valence-electron chi connectivity index (χ2n) is 14.3. The summed E-state index contributed by atoms with van der Waals surface area (Å²) in [5.74, 6) is -0.0372. The highest BCUT2D eigenvalue weighted by Crippen LogP contribution is 2.22. The first kappa shape index (κ1) is 39.1. The molecule has 284 valence electrons. The van der Waals surface area contributed by atoms with E-state index in [1.54, 1.807) is 30.3 Å². The molecule has 11 nitrogen and oxygen atoms in total. The van der Waals surface area contributed by atoms with Crippen molar-refractivity contribution in [3.8, 4) is 11.8 Å². The molecule has 6 rings (SSSR count). The van der Waals surface area contributed by atoms with Gasteiger partial charge in [0, 0.05) is 83.1 Å². The van der Waals surface area contributed by atoms with Crippen LogP contribution < -0.4 is 0 Å². The third-order valence-corrected chi connectivity index (χ3v) is 9.70. The van der Waals surface area contributed by atoms with E-state index in [1.165, 1.54) is 12.1 Å². The van der Waals surface area contributed by atoms with Crippen molar-refractivity contribution in [2.24, 2.45) is 0 Å². The van der Waals surface area contributed by atoms with Crippen LogP contribution in [0.1, 0.15) is 51.5 Å². The van der Waals surface area contributed by atoms with Crippen LogP contribution in [-0.4, -0.2) is 72.3 Å². The van der Waals surface area contributed by atoms with Crippen molar-refractivity contribution >= 4 is 5.69 Å². The van der Waals surface area contributed by atoms with Gasteiger partial charge in [0.2, 0.25) is 0 Å². The van der Waals surface area contributed by atoms with E-state index in [-0.39, 0.29) is 28.7 Å². The minimum Gasteiger partial charge on any atom is -0.508 e. The number of hydrogen-bond donors (Lipinski definition) is 1. The lowest BCUT2D eigenvalue weighted by molar-refractivity contribution is -0.384. The van der Waals surface area contributed by atoms with Gasteiger partial charge < -0.3 is 5.11 Å². The van der Waals surface area contributed by atoms with Gasteiger partial charge in [-0.1, -0.05) is 54.1 Å². The van der Waals surface area contributed by atoms with Gasteiger partial charge in [0.15, 0.2) is 0 Å². The molecule has 4 bridgehead atoms. The maximum atomic E-state index is 14.3. The van der Waals surface area contributed by atoms with Crippen LogP contribution in [0.3, 0.4) is 0 Å². The number of aromatic hydroxyl groups is 1. The standard InChI is InChI=1S/C43H47FN8O3/c1-33-15-16-43(53)36(23-33)28-49-19-6-18-48(20-17-45)29-38-10-4-12-40(46-38)31-51(27-34-7-2-9-37(44)24-34)32-41-13-5-11-39(47-41)30-50(22-21-49)26-35-8-3-14-42(25-35)52(54)55/h2-5,7-16,23-25,53H,6,18-22,26-32H2,1H3. The van der Waals surface area contributed by atoms with E-state index < -0.39 is 0 Å². The van der Waals surface area contributed by atoms with Crippen LogP contribution in [0.15, 0.2) is 103 Å². The number of non-ortho nitro benzene ring substituents is 1. The summed E-state index contributed by atoms with van der Waals surface area (Å²) >= 11 is 0. The van der Waals surface area contributed by atoms with E-state index in [0.717, 1.165) is 58.0 Å². The van der Waals surface area contributed by atoms with Gasteiger partial charge in [0.25, 0.3) is 5.69 Å². The highest BCUT2D eigenvalue weighted by molar-refractivity contribution is 5.36. The fourth-order valence-corrected chi connectivity index (χ4v) is 7.10. The van der Waals surface area contributed by atoms with Crippen LogP contribution in [-0.2, 0) is 45.8 Å². The van der Waals surface area contributed by atoms with E-state index in [4.69, 9.17) is 9.97 Å². The van der Waals surface area contributed by atoms with Gasteiger partial charge in [0.1, 0.15) is 11.6 Å². The van der Waals surface area contributed by atoms with Crippen LogP contribution >= 0.6 is 0 Å². The Morgan fingerprint density at radius 3 is 1.93 bits per heavy atom. The molecule has 0 unspecified atom stereocenters. The zero-order valence-corrected chi connectivity index (χ0v) is 31.2. The number of aryl methyl sites for hydroxylation is 1. The van der Waals surface area contributed by atoms with E-state index in [2.05, 4.69) is 25.7 Å². The molecule has 0 fully saturated rings. The molecule has 0 amide bonds. The maximum Gasteiger partial charge on any atom is 0.269 e. The lowest BCUT2D eigenvalue weighted by atomic mass is 10.1. The molecule has 12 heteroatoms. The number of nitriles is 1. The van der Waals surface area contributed by atoms with Crippen molar-refractivity contribution in [1.82, 2.24) is 29.6 Å². The van der Waals surface area contributed by atoms with Crippen LogP contribution in [0.2, 0.25) is 0 Å². The van der Waals surface area contributed by atoms with Crippen molar-refractivity contribution in [1.29, 1.82) is 5.26 Å². The summed E-state index contributed by atoms with van der Waals surface area (Å²) in [5.41, 5.74) is 7.08. The van der Waals surface area contributed by atoms with Crippen molar-refractivity contribution in [2.75, 3.05) is 32.7 Å². The quantitative estimate of drug-likeness (QED) is 0.101. The molecule has 1 aliphatic heterocycles. The molecule has 0 radical (unpaired) electrons. The van der Waals surface area contributed by atoms with Crippen molar-refractivity contribution < 1.29 is 14.4 Å². The number of phenols is 1. The second kappa shape index (κ2) is 19.1. The summed E-state index contributed by atoms with van der Waals surface area (Å²) in [5, 5.41) is 32.2. The number of fused-ring (bicyclic) bond motifs is 4. The van der Waals surface area contributed by atoms with Crippen LogP contribution in [0, 0.1) is 34.2 Å². The predicted molar refractivity (Wildman–Crippen MR) is 209 cm³/mol. The minimum atomic E-state index is -0.372. The molecule has 0 aliphatic carbocycles. The van der Waals surface area contributed by atoms with Crippen molar-refractivity contribution in [3.63, 3.8) is 0 Å². The van der Waals surface area contributed by atoms with Gasteiger partial charge in [-0.2, -0.15) is 5.26 Å². The van der Waals surface area contributed by atoms with Gasteiger partial charge in [-0.25, -0.2) is 4.39 Å². The summed E-state index contributed by atoms with van der Waals surface area (Å²) in [6.45, 7) is 8.47. The number of nitrogens with zero attached hydrogens (tertiary/aromatic N) is 8. The summed E-state index contributed by atoms with van der Waals surface area (Å²) < 4.78 is 14.3. The summed E-state index contributed by atoms with van der Waals surface area (Å²) in [4.78, 5) is 30.3. The highest BCUT2D eigenvalue weighted by Gasteiger charge is 2.18. The lowest BCUT2D eigenvalue weighted by Crippen LogP contribution is -2.36. The van der Waals surface area contributed by atoms with Gasteiger partial charge >= 0.3 is 0 Å². The zero-order valence-electron chi connectivity index (χ0n) is 31.2. The number of phenolic OH excluding ortho intramolecular Hbond substituents is 1. The number of nitro groups is 1. The first-order chi connectivity index (χ1) is 26.7. The van der Waals surface area contributed by atoms with Gasteiger partial charge in [0.05, 0.1) is 40.3 Å². The Morgan fingerprint density at radius 2 is 1.27 bits per heavy atom. The number of hydrogen-bond acceptors (Lipinski definition) is 10. The minimum absolute atomic E-state index is 0.0477. The smallest absolute Gasteiger partial charge is 0.269 e. The Bertz CT molecular complexity index is 2110. The molecule has 2 aromatic heterocycles. The molecule has 1 N–H and O–H groups in total. The molecular formula is C43H47FN8O3. The fourth-order valence-electron chi connectivity index (χ4n) is 7.10. The van der Waals surface area contributed by atoms with E-state index in [0.29, 0.717) is 65.4 Å². The summed E-state index contributed by atoms with van der Waals surface area (Å²) in [7, 11) is 0. The van der Waals surface area contributed by atoms with Crippen molar-refractivity contribution in [2.45, 2.75) is 59.2 Å². The molecule has 0 atom stereocenters. The fraction of sp³-hybridized carbons (Fsp3) is 0.326. The number of nitro benzene ring substituents is 1. The lowest BCUT2D eigenvalue weighted by Gasteiger charge is -2.29. The maximum absolute atomic E-state index is 14.3. The molecular weight excluding hydrogens is 696 g/mol. The van der Waals surface area contributed by atoms with Gasteiger partial charge in [-0.3, -0.25) is 39.7 Å². The average molecular weight is 743 g/mol. The first-order valence-corrected chi connectivity index (χ1v) is 18.6. The van der Waals surface area contributed by atoms with Crippen molar-refractivity contribution in [3.05, 3.63) is 164 Å². The zero-order chi connectivity index (χ0) is 38.6. The normalized spacial score (nSPS) is 15.7.